The van der Waals surface area contributed by atoms with E-state index in [2.05, 4.69) is 47.1 Å². The molecule has 2 heteroatoms. The zero-order chi connectivity index (χ0) is 8.97. The summed E-state index contributed by atoms with van der Waals surface area (Å²) in [7, 11) is 0. The standard InChI is InChI=1S/C10H12BrCl/c1-8(6-7-12)9-2-4-10(11)5-3-9/h2-5,8H,6-7H2,1H3. The normalized spacial score (nSPS) is 12.9. The molecule has 0 N–H and O–H groups in total. The molecule has 1 atom stereocenters. The van der Waals surface area contributed by atoms with E-state index in [0.29, 0.717) is 5.92 Å². The Hall–Kier alpha value is -0.0100. The highest BCUT2D eigenvalue weighted by atomic mass is 79.9. The highest BCUT2D eigenvalue weighted by Gasteiger charge is 2.03. The molecule has 1 rings (SSSR count). The average molecular weight is 248 g/mol. The van der Waals surface area contributed by atoms with Crippen molar-refractivity contribution in [3.05, 3.63) is 34.3 Å². The Morgan fingerprint density at radius 1 is 1.33 bits per heavy atom. The van der Waals surface area contributed by atoms with Crippen LogP contribution in [0.15, 0.2) is 28.7 Å². The molecule has 12 heavy (non-hydrogen) atoms. The lowest BCUT2D eigenvalue weighted by molar-refractivity contribution is 0.738. The van der Waals surface area contributed by atoms with E-state index >= 15 is 0 Å². The monoisotopic (exact) mass is 246 g/mol. The highest BCUT2D eigenvalue weighted by Crippen LogP contribution is 2.21. The van der Waals surface area contributed by atoms with E-state index in [9.17, 15) is 0 Å². The van der Waals surface area contributed by atoms with Crippen molar-refractivity contribution in [2.75, 3.05) is 5.88 Å². The van der Waals surface area contributed by atoms with Gasteiger partial charge in [-0.3, -0.25) is 0 Å². The SMILES string of the molecule is CC(CCCl)c1ccc(Br)cc1. The molecule has 0 saturated carbocycles. The molecule has 0 heterocycles. The fourth-order valence-corrected chi connectivity index (χ4v) is 1.71. The maximum atomic E-state index is 5.67. The molecule has 0 aliphatic rings. The maximum absolute atomic E-state index is 5.67. The fraction of sp³-hybridized carbons (Fsp3) is 0.400. The van der Waals surface area contributed by atoms with Crippen molar-refractivity contribution in [3.8, 4) is 0 Å². The third kappa shape index (κ3) is 2.80. The Kier molecular flexibility index (Phi) is 4.10. The van der Waals surface area contributed by atoms with E-state index in [1.54, 1.807) is 0 Å². The van der Waals surface area contributed by atoms with Crippen molar-refractivity contribution in [2.24, 2.45) is 0 Å². The summed E-state index contributed by atoms with van der Waals surface area (Å²) >= 11 is 9.08. The molecule has 0 fully saturated rings. The minimum absolute atomic E-state index is 0.565. The Morgan fingerprint density at radius 2 is 1.92 bits per heavy atom. The van der Waals surface area contributed by atoms with E-state index in [1.165, 1.54) is 5.56 Å². The number of benzene rings is 1. The second-order valence-corrected chi connectivity index (χ2v) is 4.22. The summed E-state index contributed by atoms with van der Waals surface area (Å²) in [5.41, 5.74) is 1.36. The van der Waals surface area contributed by atoms with Gasteiger partial charge in [0.2, 0.25) is 0 Å². The summed E-state index contributed by atoms with van der Waals surface area (Å²) < 4.78 is 1.13. The predicted octanol–water partition coefficient (Wildman–Crippen LogP) is 4.18. The molecule has 0 saturated heterocycles. The van der Waals surface area contributed by atoms with Crippen molar-refractivity contribution < 1.29 is 0 Å². The van der Waals surface area contributed by atoms with Gasteiger partial charge < -0.3 is 0 Å². The van der Waals surface area contributed by atoms with Crippen LogP contribution in [0.25, 0.3) is 0 Å². The van der Waals surface area contributed by atoms with Crippen LogP contribution < -0.4 is 0 Å². The van der Waals surface area contributed by atoms with Gasteiger partial charge in [0.25, 0.3) is 0 Å². The van der Waals surface area contributed by atoms with Gasteiger partial charge in [0.1, 0.15) is 0 Å². The molecular formula is C10H12BrCl. The second kappa shape index (κ2) is 4.88. The average Bonchev–Trinajstić information content (AvgIpc) is 2.06. The van der Waals surface area contributed by atoms with Crippen LogP contribution in [-0.4, -0.2) is 5.88 Å². The minimum Gasteiger partial charge on any atom is -0.127 e. The maximum Gasteiger partial charge on any atom is 0.0229 e. The molecule has 0 nitrogen and oxygen atoms in total. The van der Waals surface area contributed by atoms with Crippen LogP contribution in [0.1, 0.15) is 24.8 Å². The largest absolute Gasteiger partial charge is 0.127 e. The van der Waals surface area contributed by atoms with Crippen molar-refractivity contribution >= 4 is 27.5 Å². The summed E-state index contributed by atoms with van der Waals surface area (Å²) in [5, 5.41) is 0. The third-order valence-electron chi connectivity index (χ3n) is 1.98. The van der Waals surface area contributed by atoms with Crippen molar-refractivity contribution in [1.29, 1.82) is 0 Å². The zero-order valence-corrected chi connectivity index (χ0v) is 9.40. The van der Waals surface area contributed by atoms with Gasteiger partial charge in [-0.25, -0.2) is 0 Å². The highest BCUT2D eigenvalue weighted by molar-refractivity contribution is 9.10. The summed E-state index contributed by atoms with van der Waals surface area (Å²) in [6, 6.07) is 8.42. The van der Waals surface area contributed by atoms with Crippen LogP contribution in [0.5, 0.6) is 0 Å². The van der Waals surface area contributed by atoms with Gasteiger partial charge in [-0.05, 0) is 30.0 Å². The fourth-order valence-electron chi connectivity index (χ4n) is 1.12. The first-order chi connectivity index (χ1) is 5.74. The number of rotatable bonds is 3. The van der Waals surface area contributed by atoms with E-state index in [-0.39, 0.29) is 0 Å². The zero-order valence-electron chi connectivity index (χ0n) is 7.06. The van der Waals surface area contributed by atoms with E-state index in [4.69, 9.17) is 11.6 Å². The third-order valence-corrected chi connectivity index (χ3v) is 2.73. The number of alkyl halides is 1. The Labute approximate surface area is 87.1 Å². The first-order valence-corrected chi connectivity index (χ1v) is 5.38. The smallest absolute Gasteiger partial charge is 0.0229 e. The van der Waals surface area contributed by atoms with E-state index < -0.39 is 0 Å². The molecule has 66 valence electrons. The number of hydrogen-bond donors (Lipinski definition) is 0. The lowest BCUT2D eigenvalue weighted by Crippen LogP contribution is -1.93. The predicted molar refractivity (Wildman–Crippen MR) is 57.9 cm³/mol. The Morgan fingerprint density at radius 3 is 2.42 bits per heavy atom. The minimum atomic E-state index is 0.565. The van der Waals surface area contributed by atoms with Gasteiger partial charge in [-0.15, -0.1) is 11.6 Å². The van der Waals surface area contributed by atoms with Crippen molar-refractivity contribution in [3.63, 3.8) is 0 Å². The molecule has 0 spiro atoms. The summed E-state index contributed by atoms with van der Waals surface area (Å²) in [6.45, 7) is 2.20. The lowest BCUT2D eigenvalue weighted by atomic mass is 9.99. The molecule has 0 aliphatic carbocycles. The number of halogens is 2. The molecule has 0 radical (unpaired) electrons. The molecule has 0 amide bonds. The lowest BCUT2D eigenvalue weighted by Gasteiger charge is -2.09. The van der Waals surface area contributed by atoms with Crippen LogP contribution in [-0.2, 0) is 0 Å². The van der Waals surface area contributed by atoms with Crippen molar-refractivity contribution in [1.82, 2.24) is 0 Å². The number of hydrogen-bond acceptors (Lipinski definition) is 0. The van der Waals surface area contributed by atoms with Crippen LogP contribution in [0, 0.1) is 0 Å². The van der Waals surface area contributed by atoms with Crippen LogP contribution in [0.4, 0.5) is 0 Å². The first kappa shape index (κ1) is 10.1. The van der Waals surface area contributed by atoms with Gasteiger partial charge in [0.05, 0.1) is 0 Å². The molecule has 0 bridgehead atoms. The molecular weight excluding hydrogens is 235 g/mol. The summed E-state index contributed by atoms with van der Waals surface area (Å²) in [6.07, 6.45) is 1.04. The topological polar surface area (TPSA) is 0 Å². The van der Waals surface area contributed by atoms with Crippen LogP contribution >= 0.6 is 27.5 Å². The van der Waals surface area contributed by atoms with Gasteiger partial charge in [-0.2, -0.15) is 0 Å². The second-order valence-electron chi connectivity index (χ2n) is 2.93. The van der Waals surface area contributed by atoms with E-state index in [1.807, 2.05) is 0 Å². The van der Waals surface area contributed by atoms with Crippen molar-refractivity contribution in [2.45, 2.75) is 19.3 Å². The summed E-state index contributed by atoms with van der Waals surface area (Å²) in [5.74, 6) is 1.30. The molecule has 1 aromatic carbocycles. The first-order valence-electron chi connectivity index (χ1n) is 4.05. The van der Waals surface area contributed by atoms with Crippen LogP contribution in [0.2, 0.25) is 0 Å². The molecule has 1 unspecified atom stereocenters. The van der Waals surface area contributed by atoms with Gasteiger partial charge >= 0.3 is 0 Å². The van der Waals surface area contributed by atoms with Gasteiger partial charge in [0.15, 0.2) is 0 Å². The summed E-state index contributed by atoms with van der Waals surface area (Å²) in [4.78, 5) is 0. The van der Waals surface area contributed by atoms with Gasteiger partial charge in [-0.1, -0.05) is 35.0 Å². The van der Waals surface area contributed by atoms with E-state index in [0.717, 1.165) is 16.8 Å². The Balaban J connectivity index is 2.68. The molecule has 0 aromatic heterocycles. The van der Waals surface area contributed by atoms with Gasteiger partial charge in [0, 0.05) is 10.4 Å². The van der Waals surface area contributed by atoms with Crippen LogP contribution in [0.3, 0.4) is 0 Å². The molecule has 0 aliphatic heterocycles. The molecule has 1 aromatic rings. The quantitative estimate of drug-likeness (QED) is 0.703. The Bertz CT molecular complexity index is 230.